The number of H-pyrrole nitrogens is 1. The largest absolute Gasteiger partial charge is 0.370 e. The molecule has 0 spiro atoms. The number of carbonyl (C=O) groups is 1. The second-order valence-corrected chi connectivity index (χ2v) is 9.23. The third-order valence-corrected chi connectivity index (χ3v) is 6.00. The van der Waals surface area contributed by atoms with E-state index in [1.165, 1.54) is 0 Å². The maximum atomic E-state index is 13.1. The van der Waals surface area contributed by atoms with Crippen LogP contribution in [0, 0.1) is 19.8 Å². The fourth-order valence-corrected chi connectivity index (χ4v) is 4.33. The van der Waals surface area contributed by atoms with Crippen molar-refractivity contribution in [1.82, 2.24) is 25.2 Å². The van der Waals surface area contributed by atoms with Crippen molar-refractivity contribution in [3.05, 3.63) is 59.1 Å². The third kappa shape index (κ3) is 5.69. The van der Waals surface area contributed by atoms with Crippen LogP contribution in [-0.4, -0.2) is 63.3 Å². The van der Waals surface area contributed by atoms with Gasteiger partial charge in [-0.1, -0.05) is 49.3 Å². The lowest BCUT2D eigenvalue weighted by atomic mass is 10.1. The number of amides is 1. The molecule has 33 heavy (non-hydrogen) atoms. The zero-order valence-corrected chi connectivity index (χ0v) is 19.9. The number of ether oxygens (including phenoxy) is 1. The van der Waals surface area contributed by atoms with Gasteiger partial charge < -0.3 is 14.2 Å². The molecule has 3 heterocycles. The highest BCUT2D eigenvalue weighted by molar-refractivity contribution is 5.78. The Balaban J connectivity index is 1.52. The molecule has 0 radical (unpaired) electrons. The van der Waals surface area contributed by atoms with E-state index in [9.17, 15) is 4.79 Å². The number of aryl methyl sites for hydroxylation is 2. The fourth-order valence-electron chi connectivity index (χ4n) is 4.33. The van der Waals surface area contributed by atoms with Gasteiger partial charge in [0.2, 0.25) is 5.91 Å². The zero-order valence-electron chi connectivity index (χ0n) is 19.9. The smallest absolute Gasteiger partial charge is 0.236 e. The molecule has 1 saturated heterocycles. The summed E-state index contributed by atoms with van der Waals surface area (Å²) in [6, 6.07) is 10.1. The Morgan fingerprint density at radius 1 is 1.21 bits per heavy atom. The van der Waals surface area contributed by atoms with Crippen LogP contribution in [0.2, 0.25) is 0 Å². The van der Waals surface area contributed by atoms with Gasteiger partial charge in [-0.25, -0.2) is 0 Å². The van der Waals surface area contributed by atoms with Crippen LogP contribution in [0.1, 0.15) is 36.4 Å². The van der Waals surface area contributed by atoms with Crippen LogP contribution in [0.15, 0.2) is 41.1 Å². The Morgan fingerprint density at radius 3 is 2.70 bits per heavy atom. The van der Waals surface area contributed by atoms with Crippen molar-refractivity contribution >= 4 is 5.91 Å². The predicted octanol–water partition coefficient (Wildman–Crippen LogP) is 3.57. The van der Waals surface area contributed by atoms with Gasteiger partial charge in [0.1, 0.15) is 5.76 Å². The van der Waals surface area contributed by atoms with Crippen LogP contribution in [0.25, 0.3) is 11.3 Å². The Bertz CT molecular complexity index is 1040. The molecule has 3 aromatic rings. The molecule has 8 heteroatoms. The standard InChI is InChI=1S/C25H33N5O3/c1-17(2)11-30-14-22(32-16-23-18(3)28-33-19(23)4)13-29(15-24(30)31)12-21-10-26-27-25(21)20-8-6-5-7-9-20/h5-10,17,22H,11-16H2,1-4H3,(H,26,27)/t22-/m0/s1. The Morgan fingerprint density at radius 2 is 2.00 bits per heavy atom. The predicted molar refractivity (Wildman–Crippen MR) is 125 cm³/mol. The van der Waals surface area contributed by atoms with Gasteiger partial charge in [-0.15, -0.1) is 0 Å². The van der Waals surface area contributed by atoms with E-state index in [4.69, 9.17) is 9.26 Å². The quantitative estimate of drug-likeness (QED) is 0.563. The summed E-state index contributed by atoms with van der Waals surface area (Å²) in [6.07, 6.45) is 1.74. The first-order valence-corrected chi connectivity index (χ1v) is 11.5. The number of benzene rings is 1. The molecule has 4 rings (SSSR count). The van der Waals surface area contributed by atoms with Crippen molar-refractivity contribution < 1.29 is 14.1 Å². The number of nitrogens with one attached hydrogen (secondary N) is 1. The molecule has 1 aromatic carbocycles. The maximum absolute atomic E-state index is 13.1. The summed E-state index contributed by atoms with van der Waals surface area (Å²) in [5.41, 5.74) is 4.96. The molecule has 0 bridgehead atoms. The van der Waals surface area contributed by atoms with Crippen molar-refractivity contribution in [2.75, 3.05) is 26.2 Å². The second-order valence-electron chi connectivity index (χ2n) is 9.23. The summed E-state index contributed by atoms with van der Waals surface area (Å²) in [5.74, 6) is 1.30. The van der Waals surface area contributed by atoms with Crippen molar-refractivity contribution in [3.63, 3.8) is 0 Å². The minimum Gasteiger partial charge on any atom is -0.370 e. The lowest BCUT2D eigenvalue weighted by molar-refractivity contribution is -0.132. The highest BCUT2D eigenvalue weighted by Gasteiger charge is 2.30. The molecule has 0 aliphatic carbocycles. The molecule has 2 aromatic heterocycles. The van der Waals surface area contributed by atoms with Crippen molar-refractivity contribution in [2.45, 2.75) is 47.0 Å². The van der Waals surface area contributed by atoms with E-state index in [2.05, 4.69) is 46.2 Å². The van der Waals surface area contributed by atoms with Crippen molar-refractivity contribution in [1.29, 1.82) is 0 Å². The van der Waals surface area contributed by atoms with Crippen LogP contribution in [0.4, 0.5) is 0 Å². The van der Waals surface area contributed by atoms with Gasteiger partial charge in [-0.3, -0.25) is 14.8 Å². The van der Waals surface area contributed by atoms with E-state index < -0.39 is 0 Å². The Kier molecular flexibility index (Phi) is 7.25. The van der Waals surface area contributed by atoms with Gasteiger partial charge in [0.25, 0.3) is 0 Å². The van der Waals surface area contributed by atoms with E-state index in [1.807, 2.05) is 43.1 Å². The Labute approximate surface area is 194 Å². The van der Waals surface area contributed by atoms with E-state index in [0.29, 0.717) is 38.7 Å². The minimum absolute atomic E-state index is 0.115. The molecular weight excluding hydrogens is 418 g/mol. The highest BCUT2D eigenvalue weighted by Crippen LogP contribution is 2.23. The summed E-state index contributed by atoms with van der Waals surface area (Å²) in [6.45, 7) is 11.4. The molecule has 1 aliphatic rings. The molecule has 1 atom stereocenters. The van der Waals surface area contributed by atoms with Crippen LogP contribution in [-0.2, 0) is 22.7 Å². The van der Waals surface area contributed by atoms with E-state index in [1.54, 1.807) is 0 Å². The lowest BCUT2D eigenvalue weighted by Crippen LogP contribution is -2.40. The number of aromatic nitrogens is 3. The first kappa shape index (κ1) is 23.2. The number of aromatic amines is 1. The van der Waals surface area contributed by atoms with Crippen LogP contribution < -0.4 is 0 Å². The number of rotatable bonds is 8. The monoisotopic (exact) mass is 451 g/mol. The third-order valence-electron chi connectivity index (χ3n) is 6.00. The summed E-state index contributed by atoms with van der Waals surface area (Å²) in [4.78, 5) is 17.2. The summed E-state index contributed by atoms with van der Waals surface area (Å²) < 4.78 is 11.6. The first-order chi connectivity index (χ1) is 15.9. The highest BCUT2D eigenvalue weighted by atomic mass is 16.5. The van der Waals surface area contributed by atoms with Gasteiger partial charge >= 0.3 is 0 Å². The van der Waals surface area contributed by atoms with Gasteiger partial charge in [-0.2, -0.15) is 5.10 Å². The van der Waals surface area contributed by atoms with E-state index in [0.717, 1.165) is 40.4 Å². The summed E-state index contributed by atoms with van der Waals surface area (Å²) in [7, 11) is 0. The van der Waals surface area contributed by atoms with Gasteiger partial charge in [0, 0.05) is 37.3 Å². The van der Waals surface area contributed by atoms with Crippen LogP contribution >= 0.6 is 0 Å². The SMILES string of the molecule is Cc1noc(C)c1CO[C@H]1CN(Cc2cn[nH]c2-c2ccccc2)CC(=O)N(CC(C)C)C1. The number of carbonyl (C=O) groups excluding carboxylic acids is 1. The average molecular weight is 452 g/mol. The minimum atomic E-state index is -0.115. The average Bonchev–Trinajstić information content (AvgIpc) is 3.33. The molecule has 8 nitrogen and oxygen atoms in total. The number of hydrogen-bond donors (Lipinski definition) is 1. The topological polar surface area (TPSA) is 87.5 Å². The molecule has 1 aliphatic heterocycles. The number of hydrogen-bond acceptors (Lipinski definition) is 6. The lowest BCUT2D eigenvalue weighted by Gasteiger charge is -2.26. The van der Waals surface area contributed by atoms with Crippen molar-refractivity contribution in [3.8, 4) is 11.3 Å². The summed E-state index contributed by atoms with van der Waals surface area (Å²) in [5, 5.41) is 11.4. The van der Waals surface area contributed by atoms with Crippen LogP contribution in [0.3, 0.4) is 0 Å². The fraction of sp³-hybridized carbons (Fsp3) is 0.480. The van der Waals surface area contributed by atoms with E-state index >= 15 is 0 Å². The molecule has 1 N–H and O–H groups in total. The molecular formula is C25H33N5O3. The summed E-state index contributed by atoms with van der Waals surface area (Å²) >= 11 is 0. The van der Waals surface area contributed by atoms with Gasteiger partial charge in [0.05, 0.1) is 36.8 Å². The first-order valence-electron chi connectivity index (χ1n) is 11.5. The normalized spacial score (nSPS) is 17.7. The molecule has 1 amide bonds. The molecule has 176 valence electrons. The van der Waals surface area contributed by atoms with E-state index in [-0.39, 0.29) is 12.0 Å². The maximum Gasteiger partial charge on any atom is 0.236 e. The second kappa shape index (κ2) is 10.3. The zero-order chi connectivity index (χ0) is 23.4. The van der Waals surface area contributed by atoms with Gasteiger partial charge in [0.15, 0.2) is 0 Å². The van der Waals surface area contributed by atoms with Crippen LogP contribution in [0.5, 0.6) is 0 Å². The molecule has 1 fully saturated rings. The van der Waals surface area contributed by atoms with Gasteiger partial charge in [-0.05, 0) is 25.3 Å². The van der Waals surface area contributed by atoms with Crippen molar-refractivity contribution in [2.24, 2.45) is 5.92 Å². The molecule has 0 saturated carbocycles. The molecule has 0 unspecified atom stereocenters. The number of nitrogens with zero attached hydrogens (tertiary/aromatic N) is 4. The Hall–Kier alpha value is -2.97.